The van der Waals surface area contributed by atoms with E-state index in [9.17, 15) is 14.4 Å². The molecule has 0 spiro atoms. The number of likely N-dealkylation sites (tertiary alicyclic amines) is 2. The number of nitrogens with two attached hydrogens (primary N) is 1. The molecule has 3 amide bonds. The lowest BCUT2D eigenvalue weighted by atomic mass is 9.98. The minimum Gasteiger partial charge on any atom is -0.481 e. The Labute approximate surface area is 117 Å². The molecule has 2 heterocycles. The highest BCUT2D eigenvalue weighted by Crippen LogP contribution is 2.23. The number of hydrogen-bond donors (Lipinski definition) is 2. The Morgan fingerprint density at radius 2 is 1.80 bits per heavy atom. The number of carbonyl (C=O) groups excluding carboxylic acids is 2. The third kappa shape index (κ3) is 3.40. The Kier molecular flexibility index (Phi) is 4.46. The second kappa shape index (κ2) is 6.11. The molecule has 0 aliphatic carbocycles. The normalized spacial score (nSPS) is 26.6. The molecule has 0 aromatic carbocycles. The largest absolute Gasteiger partial charge is 0.481 e. The smallest absolute Gasteiger partial charge is 0.320 e. The van der Waals surface area contributed by atoms with E-state index in [1.54, 1.807) is 9.80 Å². The topological polar surface area (TPSA) is 104 Å². The first kappa shape index (κ1) is 14.6. The number of amides is 3. The summed E-state index contributed by atoms with van der Waals surface area (Å²) < 4.78 is 0. The van der Waals surface area contributed by atoms with Gasteiger partial charge in [0, 0.05) is 32.6 Å². The maximum Gasteiger partial charge on any atom is 0.320 e. The van der Waals surface area contributed by atoms with E-state index in [1.165, 1.54) is 0 Å². The third-order valence-electron chi connectivity index (χ3n) is 4.11. The van der Waals surface area contributed by atoms with Crippen molar-refractivity contribution in [3.8, 4) is 0 Å². The molecule has 2 atom stereocenters. The van der Waals surface area contributed by atoms with Gasteiger partial charge in [-0.05, 0) is 25.2 Å². The zero-order valence-corrected chi connectivity index (χ0v) is 11.5. The van der Waals surface area contributed by atoms with Gasteiger partial charge in [-0.25, -0.2) is 4.79 Å². The van der Waals surface area contributed by atoms with E-state index in [-0.39, 0.29) is 30.2 Å². The van der Waals surface area contributed by atoms with Crippen LogP contribution >= 0.6 is 0 Å². The fourth-order valence-corrected chi connectivity index (χ4v) is 3.00. The van der Waals surface area contributed by atoms with Crippen molar-refractivity contribution in [3.05, 3.63) is 0 Å². The lowest BCUT2D eigenvalue weighted by Gasteiger charge is -2.34. The first-order chi connectivity index (χ1) is 9.47. The third-order valence-corrected chi connectivity index (χ3v) is 4.11. The van der Waals surface area contributed by atoms with E-state index in [2.05, 4.69) is 0 Å². The molecular weight excluding hydrogens is 262 g/mol. The second-order valence-electron chi connectivity index (χ2n) is 5.67. The second-order valence-corrected chi connectivity index (χ2v) is 5.67. The Bertz CT molecular complexity index is 412. The Hall–Kier alpha value is -1.79. The van der Waals surface area contributed by atoms with Crippen molar-refractivity contribution in [1.29, 1.82) is 0 Å². The Morgan fingerprint density at radius 1 is 1.10 bits per heavy atom. The highest BCUT2D eigenvalue weighted by Gasteiger charge is 2.33. The van der Waals surface area contributed by atoms with Gasteiger partial charge >= 0.3 is 12.0 Å². The van der Waals surface area contributed by atoms with Crippen molar-refractivity contribution in [2.45, 2.75) is 25.7 Å². The fourth-order valence-electron chi connectivity index (χ4n) is 3.00. The van der Waals surface area contributed by atoms with E-state index in [4.69, 9.17) is 10.8 Å². The summed E-state index contributed by atoms with van der Waals surface area (Å²) in [7, 11) is 0. The number of urea groups is 1. The fraction of sp³-hybridized carbons (Fsp3) is 0.769. The van der Waals surface area contributed by atoms with Crippen LogP contribution in [-0.4, -0.2) is 59.0 Å². The quantitative estimate of drug-likeness (QED) is 0.766. The molecule has 0 radical (unpaired) electrons. The zero-order chi connectivity index (χ0) is 14.7. The molecule has 2 rings (SSSR count). The van der Waals surface area contributed by atoms with Gasteiger partial charge in [0.05, 0.1) is 5.92 Å². The first-order valence-electron chi connectivity index (χ1n) is 7.02. The van der Waals surface area contributed by atoms with Gasteiger partial charge in [-0.15, -0.1) is 0 Å². The number of nitrogens with zero attached hydrogens (tertiary/aromatic N) is 2. The highest BCUT2D eigenvalue weighted by atomic mass is 16.4. The van der Waals surface area contributed by atoms with Crippen LogP contribution in [0.4, 0.5) is 4.79 Å². The minimum absolute atomic E-state index is 0.0353. The lowest BCUT2D eigenvalue weighted by Crippen LogP contribution is -2.49. The maximum atomic E-state index is 12.4. The number of carbonyl (C=O) groups is 3. The van der Waals surface area contributed by atoms with E-state index in [1.807, 2.05) is 0 Å². The summed E-state index contributed by atoms with van der Waals surface area (Å²) in [5.74, 6) is -1.40. The lowest BCUT2D eigenvalue weighted by molar-refractivity contribution is -0.138. The predicted octanol–water partition coefficient (Wildman–Crippen LogP) is 0.100. The molecule has 112 valence electrons. The van der Waals surface area contributed by atoms with Crippen molar-refractivity contribution in [2.24, 2.45) is 17.6 Å². The molecule has 20 heavy (non-hydrogen) atoms. The number of primary amides is 1. The maximum absolute atomic E-state index is 12.4. The molecule has 7 heteroatoms. The summed E-state index contributed by atoms with van der Waals surface area (Å²) in [4.78, 5) is 37.6. The molecule has 2 unspecified atom stereocenters. The van der Waals surface area contributed by atoms with Crippen molar-refractivity contribution in [1.82, 2.24) is 9.80 Å². The van der Waals surface area contributed by atoms with Crippen LogP contribution in [0.15, 0.2) is 0 Å². The van der Waals surface area contributed by atoms with Crippen LogP contribution in [0.5, 0.6) is 0 Å². The van der Waals surface area contributed by atoms with Crippen LogP contribution in [0.1, 0.15) is 25.7 Å². The van der Waals surface area contributed by atoms with Crippen LogP contribution in [0.3, 0.4) is 0 Å². The molecule has 2 aliphatic heterocycles. The van der Waals surface area contributed by atoms with Crippen LogP contribution in [-0.2, 0) is 9.59 Å². The predicted molar refractivity (Wildman–Crippen MR) is 70.8 cm³/mol. The molecule has 7 nitrogen and oxygen atoms in total. The summed E-state index contributed by atoms with van der Waals surface area (Å²) in [6.45, 7) is 2.11. The summed E-state index contributed by atoms with van der Waals surface area (Å²) in [5.41, 5.74) is 5.30. The van der Waals surface area contributed by atoms with Crippen LogP contribution in [0.25, 0.3) is 0 Å². The molecule has 3 N–H and O–H groups in total. The van der Waals surface area contributed by atoms with Crippen LogP contribution in [0, 0.1) is 11.8 Å². The van der Waals surface area contributed by atoms with E-state index < -0.39 is 5.97 Å². The average Bonchev–Trinajstić information content (AvgIpc) is 2.85. The number of carboxylic acid groups (broad SMARTS) is 1. The van der Waals surface area contributed by atoms with Gasteiger partial charge in [-0.1, -0.05) is 0 Å². The monoisotopic (exact) mass is 283 g/mol. The minimum atomic E-state index is -0.823. The summed E-state index contributed by atoms with van der Waals surface area (Å²) in [6.07, 6.45) is 2.35. The molecular formula is C13H21N3O4. The van der Waals surface area contributed by atoms with E-state index in [0.717, 1.165) is 19.3 Å². The first-order valence-corrected chi connectivity index (χ1v) is 7.02. The number of aliphatic carboxylic acids is 1. The molecule has 0 aromatic rings. The molecule has 0 aromatic heterocycles. The summed E-state index contributed by atoms with van der Waals surface area (Å²) in [5, 5.41) is 8.78. The SMILES string of the molecule is NC(=O)C1CCCN(C(=O)N2CCC(CC(=O)O)C2)C1. The van der Waals surface area contributed by atoms with Crippen molar-refractivity contribution in [2.75, 3.05) is 26.2 Å². The molecule has 2 fully saturated rings. The number of carboxylic acids is 1. The van der Waals surface area contributed by atoms with Gasteiger partial charge in [0.15, 0.2) is 0 Å². The van der Waals surface area contributed by atoms with Gasteiger partial charge in [-0.2, -0.15) is 0 Å². The zero-order valence-electron chi connectivity index (χ0n) is 11.5. The number of hydrogen-bond acceptors (Lipinski definition) is 3. The van der Waals surface area contributed by atoms with Gasteiger partial charge in [0.1, 0.15) is 0 Å². The molecule has 2 aliphatic rings. The number of piperidine rings is 1. The van der Waals surface area contributed by atoms with Gasteiger partial charge in [0.25, 0.3) is 0 Å². The van der Waals surface area contributed by atoms with Crippen molar-refractivity contribution >= 4 is 17.9 Å². The highest BCUT2D eigenvalue weighted by molar-refractivity contribution is 5.79. The van der Waals surface area contributed by atoms with Crippen molar-refractivity contribution < 1.29 is 19.5 Å². The number of rotatable bonds is 3. The van der Waals surface area contributed by atoms with E-state index in [0.29, 0.717) is 26.2 Å². The Balaban J connectivity index is 1.88. The van der Waals surface area contributed by atoms with Crippen LogP contribution in [0.2, 0.25) is 0 Å². The summed E-state index contributed by atoms with van der Waals surface area (Å²) in [6, 6.07) is -0.0937. The van der Waals surface area contributed by atoms with Gasteiger partial charge in [-0.3, -0.25) is 9.59 Å². The standard InChI is InChI=1S/C13H21N3O4/c14-12(19)10-2-1-4-15(8-10)13(20)16-5-3-9(7-16)6-11(17)18/h9-10H,1-8H2,(H2,14,19)(H,17,18). The average molecular weight is 283 g/mol. The van der Waals surface area contributed by atoms with Gasteiger partial charge in [0.2, 0.25) is 5.91 Å². The molecule has 0 saturated carbocycles. The Morgan fingerprint density at radius 3 is 2.45 bits per heavy atom. The molecule has 0 bridgehead atoms. The van der Waals surface area contributed by atoms with Crippen LogP contribution < -0.4 is 5.73 Å². The van der Waals surface area contributed by atoms with Gasteiger partial charge < -0.3 is 20.6 Å². The van der Waals surface area contributed by atoms with Crippen molar-refractivity contribution in [3.63, 3.8) is 0 Å². The van der Waals surface area contributed by atoms with E-state index >= 15 is 0 Å². The summed E-state index contributed by atoms with van der Waals surface area (Å²) >= 11 is 0. The molecule has 2 saturated heterocycles.